The molecular weight excluding hydrogens is 328 g/mol. The fourth-order valence-corrected chi connectivity index (χ4v) is 3.64. The van der Waals surface area contributed by atoms with Gasteiger partial charge < -0.3 is 9.47 Å². The van der Waals surface area contributed by atoms with E-state index in [0.29, 0.717) is 11.7 Å². The predicted molar refractivity (Wildman–Crippen MR) is 95.3 cm³/mol. The molecule has 3 rings (SSSR count). The van der Waals surface area contributed by atoms with Crippen LogP contribution in [0.1, 0.15) is 26.7 Å². The number of carbonyl (C=O) groups is 1. The third kappa shape index (κ3) is 3.06. The Hall–Kier alpha value is -2.22. The molecule has 0 saturated carbocycles. The number of hydrogen-bond acceptors (Lipinski definition) is 8. The number of methoxy groups -OCH3 is 1. The van der Waals surface area contributed by atoms with E-state index >= 15 is 0 Å². The molecule has 7 nitrogen and oxygen atoms in total. The molecule has 1 aromatic rings. The summed E-state index contributed by atoms with van der Waals surface area (Å²) >= 11 is 1.35. The van der Waals surface area contributed by atoms with Gasteiger partial charge in [0.05, 0.1) is 19.4 Å². The third-order valence-corrected chi connectivity index (χ3v) is 5.06. The van der Waals surface area contributed by atoms with Gasteiger partial charge in [-0.05, 0) is 56.3 Å². The average Bonchev–Trinajstić information content (AvgIpc) is 2.97. The van der Waals surface area contributed by atoms with E-state index in [0.717, 1.165) is 30.0 Å². The quantitative estimate of drug-likeness (QED) is 0.843. The van der Waals surface area contributed by atoms with Gasteiger partial charge in [0.2, 0.25) is 10.0 Å². The highest BCUT2D eigenvalue weighted by Gasteiger charge is 2.48. The van der Waals surface area contributed by atoms with Gasteiger partial charge in [0.25, 0.3) is 0 Å². The Morgan fingerprint density at radius 2 is 2.17 bits per heavy atom. The van der Waals surface area contributed by atoms with Crippen molar-refractivity contribution >= 4 is 34.2 Å². The lowest BCUT2D eigenvalue weighted by atomic mass is 10.1. The van der Waals surface area contributed by atoms with Gasteiger partial charge in [0, 0.05) is 12.1 Å². The molecule has 0 aromatic heterocycles. The van der Waals surface area contributed by atoms with Gasteiger partial charge in [-0.1, -0.05) is 0 Å². The van der Waals surface area contributed by atoms with Gasteiger partial charge in [-0.2, -0.15) is 10.2 Å². The number of thioether (sulfide) groups is 1. The van der Waals surface area contributed by atoms with Crippen LogP contribution in [-0.4, -0.2) is 35.4 Å². The highest BCUT2D eigenvalue weighted by Crippen LogP contribution is 2.43. The highest BCUT2D eigenvalue weighted by molar-refractivity contribution is 8.17. The summed E-state index contributed by atoms with van der Waals surface area (Å²) in [6.45, 7) is 4.07. The lowest BCUT2D eigenvalue weighted by molar-refractivity contribution is -0.134. The van der Waals surface area contributed by atoms with E-state index in [1.807, 2.05) is 31.2 Å². The Balaban J connectivity index is 1.94. The fourth-order valence-electron chi connectivity index (χ4n) is 2.53. The second kappa shape index (κ2) is 6.72. The second-order valence-electron chi connectivity index (χ2n) is 5.48. The predicted octanol–water partition coefficient (Wildman–Crippen LogP) is 2.54. The van der Waals surface area contributed by atoms with Gasteiger partial charge >= 0.3 is 5.97 Å². The zero-order chi connectivity index (χ0) is 17.2. The van der Waals surface area contributed by atoms with Crippen LogP contribution in [0.2, 0.25) is 0 Å². The van der Waals surface area contributed by atoms with Crippen LogP contribution in [0.4, 0.5) is 5.69 Å². The summed E-state index contributed by atoms with van der Waals surface area (Å²) in [6, 6.07) is 7.54. The van der Waals surface area contributed by atoms with Crippen molar-refractivity contribution in [1.82, 2.24) is 5.43 Å². The van der Waals surface area contributed by atoms with E-state index in [-0.39, 0.29) is 0 Å². The van der Waals surface area contributed by atoms with E-state index in [2.05, 4.69) is 15.6 Å². The van der Waals surface area contributed by atoms with Gasteiger partial charge in [-0.3, -0.25) is 5.43 Å². The molecule has 0 saturated heterocycles. The van der Waals surface area contributed by atoms with Crippen molar-refractivity contribution in [3.8, 4) is 5.75 Å². The zero-order valence-corrected chi connectivity index (χ0v) is 14.7. The Labute approximate surface area is 145 Å². The molecule has 0 aliphatic carbocycles. The van der Waals surface area contributed by atoms with Crippen LogP contribution in [0.3, 0.4) is 0 Å². The maximum absolute atomic E-state index is 12.1. The van der Waals surface area contributed by atoms with E-state index in [1.54, 1.807) is 19.0 Å². The van der Waals surface area contributed by atoms with Crippen LogP contribution in [0.25, 0.3) is 0 Å². The number of carbonyl (C=O) groups excluding carboxylic acids is 1. The van der Waals surface area contributed by atoms with Crippen LogP contribution in [0.5, 0.6) is 5.75 Å². The molecule has 0 radical (unpaired) electrons. The number of ether oxygens (including phenoxy) is 2. The third-order valence-electron chi connectivity index (χ3n) is 3.81. The highest BCUT2D eigenvalue weighted by atomic mass is 32.2. The minimum absolute atomic E-state index is 0.318. The molecule has 1 N–H and O–H groups in total. The van der Waals surface area contributed by atoms with Crippen LogP contribution in [0, 0.1) is 0 Å². The van der Waals surface area contributed by atoms with Crippen molar-refractivity contribution in [2.45, 2.75) is 31.7 Å². The Morgan fingerprint density at radius 1 is 1.42 bits per heavy atom. The maximum Gasteiger partial charge on any atom is 0.365 e. The molecule has 128 valence electrons. The lowest BCUT2D eigenvalue weighted by Crippen LogP contribution is -2.52. The number of rotatable bonds is 4. The van der Waals surface area contributed by atoms with Crippen LogP contribution < -0.4 is 15.2 Å². The van der Waals surface area contributed by atoms with Crippen molar-refractivity contribution in [2.75, 3.05) is 18.7 Å². The Bertz CT molecular complexity index is 689. The second-order valence-corrected chi connectivity index (χ2v) is 6.75. The van der Waals surface area contributed by atoms with Crippen molar-refractivity contribution < 1.29 is 14.3 Å². The summed E-state index contributed by atoms with van der Waals surface area (Å²) in [5.74, 6) is 0.352. The first-order chi connectivity index (χ1) is 11.6. The monoisotopic (exact) mass is 348 g/mol. The first-order valence-electron chi connectivity index (χ1n) is 7.77. The summed E-state index contributed by atoms with van der Waals surface area (Å²) in [7, 11) is 1.62. The van der Waals surface area contributed by atoms with E-state index in [4.69, 9.17) is 9.47 Å². The van der Waals surface area contributed by atoms with Gasteiger partial charge in [-0.15, -0.1) is 0 Å². The zero-order valence-electron chi connectivity index (χ0n) is 13.9. The summed E-state index contributed by atoms with van der Waals surface area (Å²) < 4.78 is 10.3. The number of nitrogens with zero attached hydrogens (tertiary/aromatic N) is 3. The van der Waals surface area contributed by atoms with Gasteiger partial charge in [-0.25, -0.2) is 9.80 Å². The first-order valence-corrected chi connectivity index (χ1v) is 8.59. The normalized spacial score (nSPS) is 22.7. The van der Waals surface area contributed by atoms with Crippen LogP contribution in [-0.2, 0) is 9.53 Å². The number of anilines is 1. The van der Waals surface area contributed by atoms with Crippen molar-refractivity contribution in [1.29, 1.82) is 0 Å². The lowest BCUT2D eigenvalue weighted by Gasteiger charge is -2.38. The van der Waals surface area contributed by atoms with Crippen molar-refractivity contribution in [3.63, 3.8) is 0 Å². The first kappa shape index (κ1) is 16.6. The molecule has 8 heteroatoms. The standard InChI is InChI=1S/C16H20N4O3S/c1-4-23-15(21)14-18-20(12-5-7-13(22-3)8-6-12)16(24-14)10-9-11(2)17-19-16/h5-8,19H,4,9-10H2,1-3H3. The van der Waals surface area contributed by atoms with E-state index in [9.17, 15) is 4.79 Å². The largest absolute Gasteiger partial charge is 0.497 e. The van der Waals surface area contributed by atoms with Gasteiger partial charge in [0.15, 0.2) is 0 Å². The van der Waals surface area contributed by atoms with E-state index in [1.165, 1.54) is 11.8 Å². The maximum atomic E-state index is 12.1. The van der Waals surface area contributed by atoms with Crippen molar-refractivity contribution in [2.24, 2.45) is 10.2 Å². The molecule has 24 heavy (non-hydrogen) atoms. The smallest absolute Gasteiger partial charge is 0.365 e. The Kier molecular flexibility index (Phi) is 4.66. The Morgan fingerprint density at radius 3 is 2.75 bits per heavy atom. The van der Waals surface area contributed by atoms with Crippen LogP contribution in [0.15, 0.2) is 34.5 Å². The molecule has 0 amide bonds. The molecule has 2 aliphatic rings. The average molecular weight is 348 g/mol. The molecule has 0 fully saturated rings. The molecule has 0 bridgehead atoms. The summed E-state index contributed by atoms with van der Waals surface area (Å²) in [5.41, 5.74) is 5.05. The number of esters is 1. The van der Waals surface area contributed by atoms with Gasteiger partial charge in [0.1, 0.15) is 5.75 Å². The molecule has 1 spiro atoms. The van der Waals surface area contributed by atoms with Crippen molar-refractivity contribution in [3.05, 3.63) is 24.3 Å². The summed E-state index contributed by atoms with van der Waals surface area (Å²) in [4.78, 5) is 11.5. The fraction of sp³-hybridized carbons (Fsp3) is 0.438. The molecule has 1 atom stereocenters. The molecule has 2 heterocycles. The molecule has 1 aromatic carbocycles. The molecule has 2 aliphatic heterocycles. The van der Waals surface area contributed by atoms with Crippen LogP contribution >= 0.6 is 11.8 Å². The minimum atomic E-state index is -0.615. The summed E-state index contributed by atoms with van der Waals surface area (Å²) in [5, 5.41) is 11.0. The molecule has 1 unspecified atom stereocenters. The number of hydrazone groups is 2. The number of nitrogens with one attached hydrogen (secondary N) is 1. The van der Waals surface area contributed by atoms with E-state index < -0.39 is 11.0 Å². The topological polar surface area (TPSA) is 75.5 Å². The number of hydrogen-bond donors (Lipinski definition) is 1. The summed E-state index contributed by atoms with van der Waals surface area (Å²) in [6.07, 6.45) is 1.60. The SMILES string of the molecule is CCOC(=O)C1=NN(c2ccc(OC)cc2)C2(CCC(C)=NN2)S1. The minimum Gasteiger partial charge on any atom is -0.497 e. The number of benzene rings is 1. The molecular formula is C16H20N4O3S.